The number of hydrogen-bond acceptors (Lipinski definition) is 5. The lowest BCUT2D eigenvalue weighted by molar-refractivity contribution is 0.0935. The minimum atomic E-state index is 0.0289. The fraction of sp³-hybridized carbons (Fsp3) is 0.429. The van der Waals surface area contributed by atoms with Gasteiger partial charge in [0.15, 0.2) is 4.47 Å². The van der Waals surface area contributed by atoms with E-state index in [2.05, 4.69) is 15.6 Å². The molecule has 3 atom stereocenters. The molecule has 3 unspecified atom stereocenters. The highest BCUT2D eigenvalue weighted by molar-refractivity contribution is 7.24. The number of carbonyl (C=O) groups excluding carboxylic acids is 1. The van der Waals surface area contributed by atoms with Crippen LogP contribution in [-0.2, 0) is 0 Å². The van der Waals surface area contributed by atoms with Crippen LogP contribution in [0.25, 0.3) is 9.75 Å². The van der Waals surface area contributed by atoms with Crippen molar-refractivity contribution in [2.24, 2.45) is 0 Å². The number of aromatic nitrogens is 1. The fourth-order valence-corrected chi connectivity index (χ4v) is 5.11. The Labute approximate surface area is 135 Å². The van der Waals surface area contributed by atoms with Gasteiger partial charge < -0.3 is 10.6 Å². The van der Waals surface area contributed by atoms with Crippen molar-refractivity contribution < 1.29 is 4.79 Å². The summed E-state index contributed by atoms with van der Waals surface area (Å²) in [6, 6.07) is 5.17. The molecule has 0 spiro atoms. The van der Waals surface area contributed by atoms with Gasteiger partial charge in [0, 0.05) is 29.2 Å². The first kappa shape index (κ1) is 13.7. The molecule has 2 saturated heterocycles. The van der Waals surface area contributed by atoms with Crippen molar-refractivity contribution >= 4 is 40.2 Å². The standard InChI is InChI=1S/C14H14ClN3OS2/c15-14-16-6-12(21-14)10-3-4-11(20-10)13(19)18-9-5-7-1-2-8(9)17-7/h3-4,6-9,17H,1-2,5H2,(H,18,19). The zero-order valence-corrected chi connectivity index (χ0v) is 13.5. The van der Waals surface area contributed by atoms with Crippen LogP contribution in [0.5, 0.6) is 0 Å². The van der Waals surface area contributed by atoms with Gasteiger partial charge in [-0.05, 0) is 31.4 Å². The lowest BCUT2D eigenvalue weighted by Gasteiger charge is -2.20. The van der Waals surface area contributed by atoms with Gasteiger partial charge in [0.25, 0.3) is 5.91 Å². The Morgan fingerprint density at radius 3 is 2.90 bits per heavy atom. The summed E-state index contributed by atoms with van der Waals surface area (Å²) < 4.78 is 0.525. The van der Waals surface area contributed by atoms with Crippen LogP contribution in [0.1, 0.15) is 28.9 Å². The summed E-state index contributed by atoms with van der Waals surface area (Å²) in [6.07, 6.45) is 5.22. The molecule has 2 bridgehead atoms. The van der Waals surface area contributed by atoms with Gasteiger partial charge in [-0.15, -0.1) is 22.7 Å². The maximum absolute atomic E-state index is 12.4. The van der Waals surface area contributed by atoms with Crippen LogP contribution < -0.4 is 10.6 Å². The molecule has 2 N–H and O–H groups in total. The Kier molecular flexibility index (Phi) is 3.49. The van der Waals surface area contributed by atoms with E-state index in [1.54, 1.807) is 6.20 Å². The molecule has 0 radical (unpaired) electrons. The maximum Gasteiger partial charge on any atom is 0.261 e. The second kappa shape index (κ2) is 5.35. The highest BCUT2D eigenvalue weighted by Gasteiger charge is 2.39. The molecule has 2 aromatic heterocycles. The van der Waals surface area contributed by atoms with Gasteiger partial charge in [-0.25, -0.2) is 4.98 Å². The number of hydrogen-bond donors (Lipinski definition) is 2. The molecule has 2 fully saturated rings. The Hall–Kier alpha value is -0.950. The normalized spacial score (nSPS) is 27.2. The number of amides is 1. The van der Waals surface area contributed by atoms with Gasteiger partial charge in [0.2, 0.25) is 0 Å². The molecule has 4 heterocycles. The van der Waals surface area contributed by atoms with Crippen LogP contribution in [0.2, 0.25) is 4.47 Å². The highest BCUT2D eigenvalue weighted by Crippen LogP contribution is 2.34. The lowest BCUT2D eigenvalue weighted by atomic mass is 9.95. The summed E-state index contributed by atoms with van der Waals surface area (Å²) in [7, 11) is 0. The van der Waals surface area contributed by atoms with E-state index in [0.29, 0.717) is 16.6 Å². The van der Waals surface area contributed by atoms with Crippen LogP contribution in [0.4, 0.5) is 0 Å². The Balaban J connectivity index is 1.46. The van der Waals surface area contributed by atoms with Crippen molar-refractivity contribution in [3.8, 4) is 9.75 Å². The molecular weight excluding hydrogens is 326 g/mol. The molecule has 110 valence electrons. The van der Waals surface area contributed by atoms with Crippen molar-refractivity contribution in [2.75, 3.05) is 0 Å². The molecule has 2 aromatic rings. The first-order chi connectivity index (χ1) is 10.2. The largest absolute Gasteiger partial charge is 0.347 e. The first-order valence-electron chi connectivity index (χ1n) is 6.97. The van der Waals surface area contributed by atoms with Crippen LogP contribution >= 0.6 is 34.3 Å². The van der Waals surface area contributed by atoms with Crippen LogP contribution in [0.15, 0.2) is 18.3 Å². The van der Waals surface area contributed by atoms with Crippen molar-refractivity contribution in [1.82, 2.24) is 15.6 Å². The summed E-state index contributed by atoms with van der Waals surface area (Å²) in [5.41, 5.74) is 0. The van der Waals surface area contributed by atoms with E-state index >= 15 is 0 Å². The number of thiazole rings is 1. The van der Waals surface area contributed by atoms with Gasteiger partial charge in [0.1, 0.15) is 0 Å². The summed E-state index contributed by atoms with van der Waals surface area (Å²) in [4.78, 5) is 19.2. The Bertz CT molecular complexity index is 683. The minimum absolute atomic E-state index is 0.0289. The third kappa shape index (κ3) is 2.61. The van der Waals surface area contributed by atoms with Crippen LogP contribution in [0.3, 0.4) is 0 Å². The van der Waals surface area contributed by atoms with Crippen molar-refractivity contribution in [3.05, 3.63) is 27.7 Å². The number of carbonyl (C=O) groups is 1. The molecule has 4 rings (SSSR count). The van der Waals surface area contributed by atoms with Crippen LogP contribution in [0, 0.1) is 0 Å². The topological polar surface area (TPSA) is 54.0 Å². The van der Waals surface area contributed by atoms with Crippen molar-refractivity contribution in [2.45, 2.75) is 37.4 Å². The smallest absolute Gasteiger partial charge is 0.261 e. The second-order valence-electron chi connectivity index (χ2n) is 5.50. The predicted octanol–water partition coefficient (Wildman–Crippen LogP) is 3.15. The predicted molar refractivity (Wildman–Crippen MR) is 86.3 cm³/mol. The molecule has 1 amide bonds. The molecule has 21 heavy (non-hydrogen) atoms. The number of fused-ring (bicyclic) bond motifs is 2. The molecule has 2 aliphatic rings. The quantitative estimate of drug-likeness (QED) is 0.903. The zero-order valence-electron chi connectivity index (χ0n) is 11.1. The Morgan fingerprint density at radius 1 is 1.33 bits per heavy atom. The number of halogens is 1. The minimum Gasteiger partial charge on any atom is -0.347 e. The summed E-state index contributed by atoms with van der Waals surface area (Å²) in [6.45, 7) is 0. The van der Waals surface area contributed by atoms with Gasteiger partial charge in [-0.3, -0.25) is 4.79 Å². The molecule has 0 aromatic carbocycles. The number of rotatable bonds is 3. The molecule has 0 saturated carbocycles. The molecule has 4 nitrogen and oxygen atoms in total. The molecule has 0 aliphatic carbocycles. The van der Waals surface area contributed by atoms with E-state index in [0.717, 1.165) is 21.1 Å². The number of nitrogens with zero attached hydrogens (tertiary/aromatic N) is 1. The third-order valence-electron chi connectivity index (χ3n) is 4.17. The zero-order chi connectivity index (χ0) is 14.4. The third-order valence-corrected chi connectivity index (χ3v) is 6.56. The number of nitrogens with one attached hydrogen (secondary N) is 2. The summed E-state index contributed by atoms with van der Waals surface area (Å²) >= 11 is 8.78. The SMILES string of the molecule is O=C(NC1CC2CCC1N2)c1ccc(-c2cnc(Cl)s2)s1. The van der Waals surface area contributed by atoms with E-state index < -0.39 is 0 Å². The molecular formula is C14H14ClN3OS2. The molecule has 7 heteroatoms. The fourth-order valence-electron chi connectivity index (χ4n) is 3.18. The molecule has 2 aliphatic heterocycles. The first-order valence-corrected chi connectivity index (χ1v) is 8.98. The van der Waals surface area contributed by atoms with E-state index in [4.69, 9.17) is 11.6 Å². The summed E-state index contributed by atoms with van der Waals surface area (Å²) in [5, 5.41) is 6.70. The van der Waals surface area contributed by atoms with E-state index in [9.17, 15) is 4.79 Å². The number of thiophene rings is 1. The van der Waals surface area contributed by atoms with Gasteiger partial charge >= 0.3 is 0 Å². The maximum atomic E-state index is 12.4. The monoisotopic (exact) mass is 339 g/mol. The lowest BCUT2D eigenvalue weighted by Crippen LogP contribution is -2.42. The van der Waals surface area contributed by atoms with E-state index in [1.807, 2.05) is 12.1 Å². The van der Waals surface area contributed by atoms with Gasteiger partial charge in [-0.2, -0.15) is 0 Å². The average molecular weight is 340 g/mol. The van der Waals surface area contributed by atoms with Gasteiger partial charge in [-0.1, -0.05) is 11.6 Å². The van der Waals surface area contributed by atoms with Gasteiger partial charge in [0.05, 0.1) is 9.75 Å². The summed E-state index contributed by atoms with van der Waals surface area (Å²) in [5.74, 6) is 0.0289. The Morgan fingerprint density at radius 2 is 2.24 bits per heavy atom. The van der Waals surface area contributed by atoms with Crippen molar-refractivity contribution in [1.29, 1.82) is 0 Å². The van der Waals surface area contributed by atoms with Crippen molar-refractivity contribution in [3.63, 3.8) is 0 Å². The highest BCUT2D eigenvalue weighted by atomic mass is 35.5. The van der Waals surface area contributed by atoms with E-state index in [1.165, 1.54) is 35.5 Å². The second-order valence-corrected chi connectivity index (χ2v) is 8.20. The van der Waals surface area contributed by atoms with Crippen LogP contribution in [-0.4, -0.2) is 29.0 Å². The average Bonchev–Trinajstić information content (AvgIpc) is 3.22. The van der Waals surface area contributed by atoms with E-state index in [-0.39, 0.29) is 11.9 Å².